The number of rotatable bonds is 5. The molecule has 33 heavy (non-hydrogen) atoms. The van der Waals surface area contributed by atoms with E-state index in [1.165, 1.54) is 0 Å². The quantitative estimate of drug-likeness (QED) is 0.285. The Hall–Kier alpha value is -3.04. The first-order valence-corrected chi connectivity index (χ1v) is 11.3. The maximum Gasteiger partial charge on any atom is 0.218 e. The highest BCUT2D eigenvalue weighted by molar-refractivity contribution is 7.80. The second-order valence-corrected chi connectivity index (χ2v) is 8.43. The summed E-state index contributed by atoms with van der Waals surface area (Å²) in [5.41, 5.74) is 2.30. The monoisotopic (exact) mass is 513 g/mol. The van der Waals surface area contributed by atoms with Crippen molar-refractivity contribution in [2.24, 2.45) is 0 Å². The van der Waals surface area contributed by atoms with Crippen LogP contribution >= 0.6 is 47.6 Å². The maximum absolute atomic E-state index is 6.06. The van der Waals surface area contributed by atoms with Gasteiger partial charge in [0.25, 0.3) is 0 Å². The molecule has 166 valence electrons. The van der Waals surface area contributed by atoms with Crippen molar-refractivity contribution in [3.8, 4) is 22.8 Å². The summed E-state index contributed by atoms with van der Waals surface area (Å²) >= 11 is 23.2. The average Bonchev–Trinajstić information content (AvgIpc) is 2.81. The molecule has 0 bridgehead atoms. The maximum atomic E-state index is 6.06. The molecule has 2 N–H and O–H groups in total. The molecule has 0 saturated heterocycles. The Morgan fingerprint density at radius 3 is 2.06 bits per heavy atom. The minimum Gasteiger partial charge on any atom is -0.497 e. The van der Waals surface area contributed by atoms with Crippen molar-refractivity contribution in [2.45, 2.75) is 0 Å². The average molecular weight is 514 g/mol. The number of hydrogen-bond acceptors (Lipinski definition) is 5. The first kappa shape index (κ1) is 23.1. The van der Waals surface area contributed by atoms with Crippen molar-refractivity contribution in [3.63, 3.8) is 0 Å². The molecule has 10 heteroatoms. The van der Waals surface area contributed by atoms with E-state index >= 15 is 0 Å². The molecule has 0 radical (unpaired) electrons. The molecule has 3 aromatic carbocycles. The Kier molecular flexibility index (Phi) is 7.20. The zero-order valence-electron chi connectivity index (χ0n) is 17.3. The SMILES string of the molecule is COc1ccc(NC(=S)Nc2nc(-c3ccc(Cl)cc3)nc(=S)n2-c2ccc(Cl)cc2)cc1. The molecular formula is C23H17Cl2N5OS2. The predicted molar refractivity (Wildman–Crippen MR) is 140 cm³/mol. The summed E-state index contributed by atoms with van der Waals surface area (Å²) in [7, 11) is 1.61. The van der Waals surface area contributed by atoms with Gasteiger partial charge in [-0.05, 0) is 97.2 Å². The molecule has 1 heterocycles. The number of anilines is 2. The van der Waals surface area contributed by atoms with Gasteiger partial charge in [0.05, 0.1) is 12.8 Å². The summed E-state index contributed by atoms with van der Waals surface area (Å²) in [5, 5.41) is 7.83. The second kappa shape index (κ2) is 10.3. The normalized spacial score (nSPS) is 10.5. The third-order valence-electron chi connectivity index (χ3n) is 4.58. The molecule has 0 aliphatic rings. The largest absolute Gasteiger partial charge is 0.497 e. The van der Waals surface area contributed by atoms with Crippen molar-refractivity contribution < 1.29 is 4.74 Å². The molecule has 4 rings (SSSR count). The van der Waals surface area contributed by atoms with Gasteiger partial charge in [0.15, 0.2) is 10.9 Å². The van der Waals surface area contributed by atoms with Gasteiger partial charge in [-0.1, -0.05) is 23.2 Å². The van der Waals surface area contributed by atoms with E-state index in [4.69, 9.17) is 57.4 Å². The van der Waals surface area contributed by atoms with Crippen LogP contribution in [-0.2, 0) is 0 Å². The van der Waals surface area contributed by atoms with Crippen molar-refractivity contribution >= 4 is 64.4 Å². The van der Waals surface area contributed by atoms with Gasteiger partial charge in [-0.15, -0.1) is 0 Å². The van der Waals surface area contributed by atoms with Crippen LogP contribution in [0.4, 0.5) is 11.6 Å². The van der Waals surface area contributed by atoms with E-state index in [9.17, 15) is 0 Å². The predicted octanol–water partition coefficient (Wildman–Crippen LogP) is 6.79. The van der Waals surface area contributed by atoms with E-state index in [1.807, 2.05) is 48.5 Å². The molecule has 0 fully saturated rings. The van der Waals surface area contributed by atoms with Gasteiger partial charge in [-0.3, -0.25) is 4.57 Å². The van der Waals surface area contributed by atoms with Crippen molar-refractivity contribution in [2.75, 3.05) is 17.7 Å². The first-order valence-electron chi connectivity index (χ1n) is 9.68. The van der Waals surface area contributed by atoms with Crippen LogP contribution in [0.3, 0.4) is 0 Å². The Balaban J connectivity index is 1.72. The van der Waals surface area contributed by atoms with Gasteiger partial charge in [0, 0.05) is 21.3 Å². The summed E-state index contributed by atoms with van der Waals surface area (Å²) in [5.74, 6) is 1.59. The Bertz CT molecular complexity index is 1340. The number of methoxy groups -OCH3 is 1. The summed E-state index contributed by atoms with van der Waals surface area (Å²) in [6.07, 6.45) is 0. The van der Waals surface area contributed by atoms with Crippen molar-refractivity contribution in [3.05, 3.63) is 87.6 Å². The van der Waals surface area contributed by atoms with Gasteiger partial charge in [0.2, 0.25) is 10.7 Å². The molecule has 0 aliphatic heterocycles. The van der Waals surface area contributed by atoms with E-state index in [0.717, 1.165) is 22.7 Å². The third kappa shape index (κ3) is 5.66. The van der Waals surface area contributed by atoms with Crippen LogP contribution in [0.25, 0.3) is 17.1 Å². The molecule has 4 aromatic rings. The highest BCUT2D eigenvalue weighted by Crippen LogP contribution is 2.23. The van der Waals surface area contributed by atoms with Crippen LogP contribution in [0.5, 0.6) is 5.75 Å². The van der Waals surface area contributed by atoms with Gasteiger partial charge >= 0.3 is 0 Å². The number of nitrogens with zero attached hydrogens (tertiary/aromatic N) is 3. The summed E-state index contributed by atoms with van der Waals surface area (Å²) in [4.78, 5) is 9.21. The molecule has 0 aliphatic carbocycles. The zero-order chi connectivity index (χ0) is 23.4. The summed E-state index contributed by atoms with van der Waals surface area (Å²) in [6.45, 7) is 0. The molecule has 0 spiro atoms. The number of nitrogens with one attached hydrogen (secondary N) is 2. The Labute approximate surface area is 211 Å². The highest BCUT2D eigenvalue weighted by Gasteiger charge is 2.13. The Morgan fingerprint density at radius 2 is 1.45 bits per heavy atom. The fourth-order valence-electron chi connectivity index (χ4n) is 2.98. The molecule has 6 nitrogen and oxygen atoms in total. The number of benzene rings is 3. The number of hydrogen-bond donors (Lipinski definition) is 2. The fraction of sp³-hybridized carbons (Fsp3) is 0.0435. The molecule has 0 atom stereocenters. The summed E-state index contributed by atoms with van der Waals surface area (Å²) < 4.78 is 7.18. The molecular weight excluding hydrogens is 497 g/mol. The van der Waals surface area contributed by atoms with Crippen LogP contribution in [0.15, 0.2) is 72.8 Å². The Morgan fingerprint density at radius 1 is 0.848 bits per heavy atom. The van der Waals surface area contributed by atoms with Gasteiger partial charge in [-0.25, -0.2) is 0 Å². The lowest BCUT2D eigenvalue weighted by atomic mass is 10.2. The van der Waals surface area contributed by atoms with Crippen LogP contribution < -0.4 is 15.4 Å². The van der Waals surface area contributed by atoms with E-state index in [1.54, 1.807) is 35.9 Å². The minimum absolute atomic E-state index is 0.298. The van der Waals surface area contributed by atoms with Gasteiger partial charge < -0.3 is 15.4 Å². The topological polar surface area (TPSA) is 64.0 Å². The molecule has 0 saturated carbocycles. The van der Waals surface area contributed by atoms with Crippen LogP contribution in [-0.4, -0.2) is 26.8 Å². The number of ether oxygens (including phenoxy) is 1. The molecule has 1 aromatic heterocycles. The van der Waals surface area contributed by atoms with E-state index in [-0.39, 0.29) is 0 Å². The van der Waals surface area contributed by atoms with Crippen molar-refractivity contribution in [1.82, 2.24) is 14.5 Å². The van der Waals surface area contributed by atoms with Crippen LogP contribution in [0, 0.1) is 4.77 Å². The van der Waals surface area contributed by atoms with E-state index in [2.05, 4.69) is 15.6 Å². The standard InChI is InChI=1S/C23H17Cl2N5OS2/c1-31-19-12-8-17(9-13-19)26-22(32)29-21-27-20(14-2-4-15(24)5-3-14)28-23(33)30(21)18-10-6-16(25)7-11-18/h2-13H,1H3,(H2,26,27,28,29,32,33). The smallest absolute Gasteiger partial charge is 0.218 e. The lowest BCUT2D eigenvalue weighted by molar-refractivity contribution is 0.415. The fourth-order valence-corrected chi connectivity index (χ4v) is 3.72. The molecule has 0 unspecified atom stereocenters. The van der Waals surface area contributed by atoms with Crippen LogP contribution in [0.1, 0.15) is 0 Å². The highest BCUT2D eigenvalue weighted by atomic mass is 35.5. The second-order valence-electron chi connectivity index (χ2n) is 6.78. The molecule has 0 amide bonds. The lowest BCUT2D eigenvalue weighted by Crippen LogP contribution is -2.23. The van der Waals surface area contributed by atoms with Crippen molar-refractivity contribution in [1.29, 1.82) is 0 Å². The number of thiocarbonyl (C=S) groups is 1. The number of aromatic nitrogens is 3. The minimum atomic E-state index is 0.298. The van der Waals surface area contributed by atoms with E-state index < -0.39 is 0 Å². The third-order valence-corrected chi connectivity index (χ3v) is 5.56. The van der Waals surface area contributed by atoms with Gasteiger partial charge in [-0.2, -0.15) is 9.97 Å². The summed E-state index contributed by atoms with van der Waals surface area (Å²) in [6, 6.07) is 21.8. The zero-order valence-corrected chi connectivity index (χ0v) is 20.4. The van der Waals surface area contributed by atoms with Gasteiger partial charge in [0.1, 0.15) is 5.75 Å². The van der Waals surface area contributed by atoms with E-state index in [0.29, 0.717) is 31.7 Å². The number of halogens is 2. The van der Waals surface area contributed by atoms with Crippen LogP contribution in [0.2, 0.25) is 10.0 Å². The first-order chi connectivity index (χ1) is 15.9. The lowest BCUT2D eigenvalue weighted by Gasteiger charge is -2.17.